The van der Waals surface area contributed by atoms with Crippen LogP contribution in [0.2, 0.25) is 0 Å². The standard InChI is InChI=1S/C13H27N3O2S/c1-13(2,3)15-8-10-16(11-9-15)19(17,18)12-4-6-14-7-5-12/h12,14H,4-11H2,1-3H3. The Kier molecular flexibility index (Phi) is 4.55. The van der Waals surface area contributed by atoms with E-state index >= 15 is 0 Å². The molecule has 112 valence electrons. The molecular formula is C13H27N3O2S. The monoisotopic (exact) mass is 289 g/mol. The maximum Gasteiger partial charge on any atom is 0.217 e. The first-order valence-electron chi connectivity index (χ1n) is 7.26. The van der Waals surface area contributed by atoms with E-state index in [2.05, 4.69) is 31.0 Å². The van der Waals surface area contributed by atoms with Gasteiger partial charge in [0.25, 0.3) is 0 Å². The molecule has 0 aromatic rings. The molecule has 0 amide bonds. The summed E-state index contributed by atoms with van der Waals surface area (Å²) in [6, 6.07) is 0. The Morgan fingerprint density at radius 3 is 2.00 bits per heavy atom. The number of piperidine rings is 1. The summed E-state index contributed by atoms with van der Waals surface area (Å²) in [5, 5.41) is 3.05. The number of hydrogen-bond acceptors (Lipinski definition) is 4. The molecule has 0 radical (unpaired) electrons. The number of piperazine rings is 1. The summed E-state index contributed by atoms with van der Waals surface area (Å²) >= 11 is 0. The van der Waals surface area contributed by atoms with Crippen LogP contribution in [-0.2, 0) is 10.0 Å². The molecule has 0 aromatic heterocycles. The van der Waals surface area contributed by atoms with Crippen molar-refractivity contribution in [3.05, 3.63) is 0 Å². The molecule has 2 rings (SSSR count). The number of rotatable bonds is 2. The lowest BCUT2D eigenvalue weighted by Crippen LogP contribution is -2.56. The van der Waals surface area contributed by atoms with Crippen molar-refractivity contribution < 1.29 is 8.42 Å². The molecule has 2 saturated heterocycles. The fourth-order valence-corrected chi connectivity index (χ4v) is 4.84. The van der Waals surface area contributed by atoms with Crippen molar-refractivity contribution in [2.45, 2.75) is 44.4 Å². The normalized spacial score (nSPS) is 25.6. The van der Waals surface area contributed by atoms with Crippen LogP contribution in [0.25, 0.3) is 0 Å². The van der Waals surface area contributed by atoms with E-state index in [9.17, 15) is 8.42 Å². The zero-order valence-electron chi connectivity index (χ0n) is 12.4. The van der Waals surface area contributed by atoms with E-state index in [-0.39, 0.29) is 10.8 Å². The van der Waals surface area contributed by atoms with Gasteiger partial charge in [-0.3, -0.25) is 4.90 Å². The minimum absolute atomic E-state index is 0.130. The van der Waals surface area contributed by atoms with E-state index in [0.717, 1.165) is 39.0 Å². The maximum atomic E-state index is 12.6. The summed E-state index contributed by atoms with van der Waals surface area (Å²) in [6.45, 7) is 11.2. The van der Waals surface area contributed by atoms with Crippen LogP contribution in [0.5, 0.6) is 0 Å². The van der Waals surface area contributed by atoms with Gasteiger partial charge in [0.05, 0.1) is 5.25 Å². The molecule has 1 N–H and O–H groups in total. The highest BCUT2D eigenvalue weighted by Gasteiger charge is 2.36. The fourth-order valence-electron chi connectivity index (χ4n) is 2.92. The third-order valence-corrected chi connectivity index (χ3v) is 6.65. The van der Waals surface area contributed by atoms with E-state index in [1.807, 2.05) is 0 Å². The molecule has 2 fully saturated rings. The summed E-state index contributed by atoms with van der Waals surface area (Å²) in [6.07, 6.45) is 1.50. The summed E-state index contributed by atoms with van der Waals surface area (Å²) in [4.78, 5) is 2.36. The molecule has 0 bridgehead atoms. The molecule has 0 aromatic carbocycles. The van der Waals surface area contributed by atoms with Gasteiger partial charge in [0, 0.05) is 31.7 Å². The van der Waals surface area contributed by atoms with E-state index in [1.54, 1.807) is 4.31 Å². The van der Waals surface area contributed by atoms with Crippen molar-refractivity contribution >= 4 is 10.0 Å². The van der Waals surface area contributed by atoms with E-state index in [0.29, 0.717) is 13.1 Å². The summed E-state index contributed by atoms with van der Waals surface area (Å²) in [7, 11) is -3.09. The van der Waals surface area contributed by atoms with Gasteiger partial charge in [-0.1, -0.05) is 0 Å². The highest BCUT2D eigenvalue weighted by Crippen LogP contribution is 2.22. The molecule has 0 saturated carbocycles. The molecule has 2 heterocycles. The van der Waals surface area contributed by atoms with Crippen LogP contribution in [0.1, 0.15) is 33.6 Å². The number of nitrogens with zero attached hydrogens (tertiary/aromatic N) is 2. The SMILES string of the molecule is CC(C)(C)N1CCN(S(=O)(=O)C2CCNCC2)CC1. The smallest absolute Gasteiger partial charge is 0.217 e. The van der Waals surface area contributed by atoms with Gasteiger partial charge in [-0.15, -0.1) is 0 Å². The van der Waals surface area contributed by atoms with Crippen LogP contribution in [0.15, 0.2) is 0 Å². The predicted molar refractivity (Wildman–Crippen MR) is 77.7 cm³/mol. The Bertz CT molecular complexity index is 389. The molecule has 6 heteroatoms. The Labute approximate surface area is 117 Å². The van der Waals surface area contributed by atoms with Crippen LogP contribution in [-0.4, -0.2) is 67.7 Å². The van der Waals surface area contributed by atoms with Crippen molar-refractivity contribution in [1.82, 2.24) is 14.5 Å². The first-order valence-corrected chi connectivity index (χ1v) is 8.77. The molecule has 0 spiro atoms. The number of nitrogens with one attached hydrogen (secondary N) is 1. The summed E-state index contributed by atoms with van der Waals surface area (Å²) in [5.74, 6) is 0. The van der Waals surface area contributed by atoms with Crippen molar-refractivity contribution in [3.8, 4) is 0 Å². The second-order valence-electron chi connectivity index (χ2n) is 6.55. The second-order valence-corrected chi connectivity index (χ2v) is 8.76. The average molecular weight is 289 g/mol. The lowest BCUT2D eigenvalue weighted by atomic mass is 10.1. The lowest BCUT2D eigenvalue weighted by molar-refractivity contribution is 0.0916. The van der Waals surface area contributed by atoms with Gasteiger partial charge in [0.1, 0.15) is 0 Å². The maximum absolute atomic E-state index is 12.6. The number of sulfonamides is 1. The Morgan fingerprint density at radius 2 is 1.53 bits per heavy atom. The van der Waals surface area contributed by atoms with Gasteiger partial charge in [0.15, 0.2) is 0 Å². The van der Waals surface area contributed by atoms with Crippen molar-refractivity contribution in [3.63, 3.8) is 0 Å². The molecule has 5 nitrogen and oxygen atoms in total. The van der Waals surface area contributed by atoms with Gasteiger partial charge >= 0.3 is 0 Å². The third kappa shape index (κ3) is 3.48. The first kappa shape index (κ1) is 15.2. The van der Waals surface area contributed by atoms with Crippen molar-refractivity contribution in [1.29, 1.82) is 0 Å². The van der Waals surface area contributed by atoms with Crippen LogP contribution in [0, 0.1) is 0 Å². The van der Waals surface area contributed by atoms with E-state index in [4.69, 9.17) is 0 Å². The Morgan fingerprint density at radius 1 is 1.00 bits per heavy atom. The quantitative estimate of drug-likeness (QED) is 0.803. The van der Waals surface area contributed by atoms with Crippen LogP contribution in [0.4, 0.5) is 0 Å². The van der Waals surface area contributed by atoms with Crippen molar-refractivity contribution in [2.75, 3.05) is 39.3 Å². The topological polar surface area (TPSA) is 52.7 Å². The van der Waals surface area contributed by atoms with Gasteiger partial charge in [0.2, 0.25) is 10.0 Å². The fraction of sp³-hybridized carbons (Fsp3) is 1.00. The van der Waals surface area contributed by atoms with Gasteiger partial charge < -0.3 is 5.32 Å². The highest BCUT2D eigenvalue weighted by atomic mass is 32.2. The molecular weight excluding hydrogens is 262 g/mol. The third-order valence-electron chi connectivity index (χ3n) is 4.25. The molecule has 0 unspecified atom stereocenters. The highest BCUT2D eigenvalue weighted by molar-refractivity contribution is 7.89. The molecule has 19 heavy (non-hydrogen) atoms. The van der Waals surface area contributed by atoms with E-state index in [1.165, 1.54) is 0 Å². The van der Waals surface area contributed by atoms with Crippen LogP contribution >= 0.6 is 0 Å². The molecule has 2 aliphatic heterocycles. The van der Waals surface area contributed by atoms with Gasteiger partial charge in [-0.25, -0.2) is 8.42 Å². The van der Waals surface area contributed by atoms with Gasteiger partial charge in [-0.2, -0.15) is 4.31 Å². The first-order chi connectivity index (χ1) is 8.82. The minimum atomic E-state index is -3.09. The zero-order valence-corrected chi connectivity index (χ0v) is 13.2. The van der Waals surface area contributed by atoms with Crippen molar-refractivity contribution in [2.24, 2.45) is 0 Å². The average Bonchev–Trinajstić information content (AvgIpc) is 2.39. The Hall–Kier alpha value is -0.170. The number of hydrogen-bond donors (Lipinski definition) is 1. The second kappa shape index (κ2) is 5.68. The summed E-state index contributed by atoms with van der Waals surface area (Å²) < 4.78 is 26.9. The molecule has 0 atom stereocenters. The molecule has 2 aliphatic rings. The largest absolute Gasteiger partial charge is 0.317 e. The van der Waals surface area contributed by atoms with Crippen LogP contribution < -0.4 is 5.32 Å². The molecule has 0 aliphatic carbocycles. The summed E-state index contributed by atoms with van der Waals surface area (Å²) in [5.41, 5.74) is 0.130. The minimum Gasteiger partial charge on any atom is -0.317 e. The van der Waals surface area contributed by atoms with Crippen LogP contribution in [0.3, 0.4) is 0 Å². The van der Waals surface area contributed by atoms with Gasteiger partial charge in [-0.05, 0) is 46.7 Å². The van der Waals surface area contributed by atoms with E-state index < -0.39 is 10.0 Å². The zero-order chi connectivity index (χ0) is 14.1. The lowest BCUT2D eigenvalue weighted by Gasteiger charge is -2.42. The predicted octanol–water partition coefficient (Wildman–Crippen LogP) is 0.484. The Balaban J connectivity index is 1.96.